The van der Waals surface area contributed by atoms with Gasteiger partial charge in [-0.05, 0) is 19.1 Å². The van der Waals surface area contributed by atoms with E-state index in [1.54, 1.807) is 11.8 Å². The van der Waals surface area contributed by atoms with Crippen molar-refractivity contribution in [1.29, 1.82) is 0 Å². The average Bonchev–Trinajstić information content (AvgIpc) is 2.60. The van der Waals surface area contributed by atoms with Crippen LogP contribution in [0.4, 0.5) is 19.3 Å². The van der Waals surface area contributed by atoms with Gasteiger partial charge in [-0.2, -0.15) is 0 Å². The van der Waals surface area contributed by atoms with Crippen LogP contribution in [-0.4, -0.2) is 55.0 Å². The van der Waals surface area contributed by atoms with Gasteiger partial charge in [0, 0.05) is 50.9 Å². The first kappa shape index (κ1) is 20.6. The number of halogens is 2. The number of carbonyl (C=O) groups is 3. The lowest BCUT2D eigenvalue weighted by atomic mass is 10.1. The van der Waals surface area contributed by atoms with Gasteiger partial charge in [0.05, 0.1) is 5.92 Å². The van der Waals surface area contributed by atoms with Gasteiger partial charge in [-0.15, -0.1) is 0 Å². The first-order valence-corrected chi connectivity index (χ1v) is 8.75. The number of urea groups is 1. The van der Waals surface area contributed by atoms with E-state index < -0.39 is 29.5 Å². The normalized spacial score (nSPS) is 18.0. The Hall–Kier alpha value is -2.71. The fraction of sp³-hybridized carbons (Fsp3) is 0.500. The molecule has 0 radical (unpaired) electrons. The van der Waals surface area contributed by atoms with E-state index in [1.807, 2.05) is 11.8 Å². The molecule has 1 fully saturated rings. The van der Waals surface area contributed by atoms with Crippen LogP contribution in [-0.2, 0) is 9.59 Å². The fourth-order valence-electron chi connectivity index (χ4n) is 3.05. The Bertz CT molecular complexity index is 729. The zero-order chi connectivity index (χ0) is 20.1. The highest BCUT2D eigenvalue weighted by atomic mass is 19.2. The second-order valence-corrected chi connectivity index (χ2v) is 6.72. The van der Waals surface area contributed by atoms with Crippen LogP contribution in [0.5, 0.6) is 0 Å². The molecule has 148 valence electrons. The van der Waals surface area contributed by atoms with Gasteiger partial charge in [-0.3, -0.25) is 14.9 Å². The first-order chi connectivity index (χ1) is 12.7. The summed E-state index contributed by atoms with van der Waals surface area (Å²) in [5, 5.41) is 4.56. The van der Waals surface area contributed by atoms with Crippen LogP contribution in [0.25, 0.3) is 0 Å². The van der Waals surface area contributed by atoms with Gasteiger partial charge in [0.15, 0.2) is 11.6 Å². The molecule has 4 amide bonds. The van der Waals surface area contributed by atoms with Crippen LogP contribution in [0, 0.1) is 17.6 Å². The van der Waals surface area contributed by atoms with E-state index in [1.165, 1.54) is 13.0 Å². The molecule has 0 aliphatic carbocycles. The maximum absolute atomic E-state index is 13.5. The van der Waals surface area contributed by atoms with Crippen molar-refractivity contribution in [3.05, 3.63) is 29.8 Å². The minimum absolute atomic E-state index is 0.0752. The fourth-order valence-corrected chi connectivity index (χ4v) is 3.05. The number of nitrogens with zero attached hydrogens (tertiary/aromatic N) is 2. The highest BCUT2D eigenvalue weighted by Crippen LogP contribution is 2.23. The molecule has 2 atom stereocenters. The molecular formula is C18H24F2N4O3. The first-order valence-electron chi connectivity index (χ1n) is 8.75. The van der Waals surface area contributed by atoms with Crippen molar-refractivity contribution in [3.8, 4) is 0 Å². The van der Waals surface area contributed by atoms with Crippen molar-refractivity contribution in [1.82, 2.24) is 15.5 Å². The maximum Gasteiger partial charge on any atom is 0.321 e. The molecule has 2 N–H and O–H groups in total. The number of imide groups is 1. The van der Waals surface area contributed by atoms with Gasteiger partial charge in [0.25, 0.3) is 0 Å². The number of benzene rings is 1. The Morgan fingerprint density at radius 3 is 2.52 bits per heavy atom. The van der Waals surface area contributed by atoms with Gasteiger partial charge >= 0.3 is 6.03 Å². The second kappa shape index (κ2) is 8.79. The molecule has 27 heavy (non-hydrogen) atoms. The van der Waals surface area contributed by atoms with Gasteiger partial charge in [0.2, 0.25) is 11.8 Å². The Labute approximate surface area is 156 Å². The number of amides is 4. The quantitative estimate of drug-likeness (QED) is 0.827. The highest BCUT2D eigenvalue weighted by Gasteiger charge is 2.29. The van der Waals surface area contributed by atoms with Crippen LogP contribution >= 0.6 is 0 Å². The smallest absolute Gasteiger partial charge is 0.321 e. The van der Waals surface area contributed by atoms with Crippen molar-refractivity contribution in [2.24, 2.45) is 5.92 Å². The van der Waals surface area contributed by atoms with Crippen molar-refractivity contribution < 1.29 is 23.2 Å². The Kier molecular flexibility index (Phi) is 6.70. The van der Waals surface area contributed by atoms with Crippen LogP contribution in [0.2, 0.25) is 0 Å². The van der Waals surface area contributed by atoms with Crippen molar-refractivity contribution in [2.75, 3.05) is 31.1 Å². The van der Waals surface area contributed by atoms with E-state index in [-0.39, 0.29) is 18.5 Å². The molecule has 0 saturated carbocycles. The zero-order valence-corrected chi connectivity index (χ0v) is 15.6. The number of carbonyl (C=O) groups excluding carboxylic acids is 3. The number of hydrogen-bond donors (Lipinski definition) is 2. The lowest BCUT2D eigenvalue weighted by Gasteiger charge is -2.42. The van der Waals surface area contributed by atoms with Crippen LogP contribution in [0.3, 0.4) is 0 Å². The van der Waals surface area contributed by atoms with Crippen LogP contribution in [0.15, 0.2) is 18.2 Å². The summed E-state index contributed by atoms with van der Waals surface area (Å²) >= 11 is 0. The third-order valence-electron chi connectivity index (χ3n) is 4.45. The van der Waals surface area contributed by atoms with Crippen LogP contribution < -0.4 is 15.5 Å². The van der Waals surface area contributed by atoms with Gasteiger partial charge in [0.1, 0.15) is 0 Å². The molecule has 7 nitrogen and oxygen atoms in total. The Morgan fingerprint density at radius 2 is 1.93 bits per heavy atom. The summed E-state index contributed by atoms with van der Waals surface area (Å²) in [6.45, 7) is 6.29. The van der Waals surface area contributed by atoms with E-state index in [9.17, 15) is 23.2 Å². The average molecular weight is 382 g/mol. The number of hydrogen-bond acceptors (Lipinski definition) is 4. The maximum atomic E-state index is 13.5. The van der Waals surface area contributed by atoms with E-state index in [0.29, 0.717) is 25.3 Å². The Balaban J connectivity index is 1.90. The molecule has 2 rings (SSSR count). The van der Waals surface area contributed by atoms with E-state index in [0.717, 1.165) is 12.1 Å². The van der Waals surface area contributed by atoms with Crippen molar-refractivity contribution in [3.63, 3.8) is 0 Å². The Morgan fingerprint density at radius 1 is 1.22 bits per heavy atom. The minimum Gasteiger partial charge on any atom is -0.365 e. The molecule has 1 heterocycles. The van der Waals surface area contributed by atoms with Gasteiger partial charge in [-0.25, -0.2) is 13.6 Å². The highest BCUT2D eigenvalue weighted by molar-refractivity contribution is 5.93. The molecule has 0 bridgehead atoms. The number of nitrogens with one attached hydrogen (secondary N) is 2. The monoisotopic (exact) mass is 382 g/mol. The molecule has 1 saturated heterocycles. The largest absolute Gasteiger partial charge is 0.365 e. The number of rotatable bonds is 4. The molecule has 9 heteroatoms. The van der Waals surface area contributed by atoms with Crippen molar-refractivity contribution in [2.45, 2.75) is 26.8 Å². The molecule has 1 aromatic rings. The topological polar surface area (TPSA) is 81.8 Å². The zero-order valence-electron chi connectivity index (χ0n) is 15.6. The summed E-state index contributed by atoms with van der Waals surface area (Å²) in [4.78, 5) is 38.4. The summed E-state index contributed by atoms with van der Waals surface area (Å²) < 4.78 is 26.6. The third-order valence-corrected chi connectivity index (χ3v) is 4.45. The predicted molar refractivity (Wildman–Crippen MR) is 96.1 cm³/mol. The van der Waals surface area contributed by atoms with Crippen molar-refractivity contribution >= 4 is 23.5 Å². The lowest BCUT2D eigenvalue weighted by Crippen LogP contribution is -2.55. The molecule has 0 spiro atoms. The number of piperazine rings is 1. The SMILES string of the molecule is CC(=O)NC(=O)NCC(C)C(=O)N1CCN(c2ccc(F)c(F)c2)[C@@H](C)C1. The second-order valence-electron chi connectivity index (χ2n) is 6.72. The third kappa shape index (κ3) is 5.38. The summed E-state index contributed by atoms with van der Waals surface area (Å²) in [5.41, 5.74) is 0.573. The standard InChI is InChI=1S/C18H24F2N4O3/c1-11(9-21-18(27)22-13(3)25)17(26)23-6-7-24(12(2)10-23)14-4-5-15(19)16(20)8-14/h4-5,8,11-12H,6-7,9-10H2,1-3H3,(H2,21,22,25,27)/t11?,12-/m0/s1. The number of anilines is 1. The van der Waals surface area contributed by atoms with Crippen LogP contribution in [0.1, 0.15) is 20.8 Å². The van der Waals surface area contributed by atoms with E-state index >= 15 is 0 Å². The van der Waals surface area contributed by atoms with E-state index in [2.05, 4.69) is 10.6 Å². The van der Waals surface area contributed by atoms with E-state index in [4.69, 9.17) is 0 Å². The summed E-state index contributed by atoms with van der Waals surface area (Å²) in [5.74, 6) is -2.84. The molecule has 1 aliphatic heterocycles. The summed E-state index contributed by atoms with van der Waals surface area (Å²) in [7, 11) is 0. The molecule has 1 aromatic carbocycles. The molecule has 0 aromatic heterocycles. The predicted octanol–water partition coefficient (Wildman–Crippen LogP) is 1.48. The molecule has 1 unspecified atom stereocenters. The lowest BCUT2D eigenvalue weighted by molar-refractivity contribution is -0.135. The summed E-state index contributed by atoms with van der Waals surface area (Å²) in [6.07, 6.45) is 0. The van der Waals surface area contributed by atoms with Gasteiger partial charge in [-0.1, -0.05) is 6.92 Å². The molecular weight excluding hydrogens is 358 g/mol. The van der Waals surface area contributed by atoms with Gasteiger partial charge < -0.3 is 15.1 Å². The molecule has 1 aliphatic rings. The summed E-state index contributed by atoms with van der Waals surface area (Å²) in [6, 6.07) is 3.05. The minimum atomic E-state index is -0.901.